The van der Waals surface area contributed by atoms with Crippen LogP contribution < -0.4 is 10.1 Å². The smallest absolute Gasteiger partial charge is 0.408 e. The second kappa shape index (κ2) is 10.6. The SMILES string of the molecule is O=C(COc1cnc(Cl)c(F)c1)N[C@H]1CC[C@H](c2nnc(-c3ccc(Cl)c(Cl)c3)o2)N(C(=O)O)C1. The van der Waals surface area contributed by atoms with Crippen molar-refractivity contribution < 1.29 is 28.2 Å². The zero-order chi connectivity index (χ0) is 25.1. The Morgan fingerprint density at radius 3 is 2.71 bits per heavy atom. The van der Waals surface area contributed by atoms with Gasteiger partial charge in [0.05, 0.1) is 16.2 Å². The molecule has 1 aromatic carbocycles. The number of ether oxygens (including phenoxy) is 1. The Labute approximate surface area is 212 Å². The number of nitrogens with one attached hydrogen (secondary N) is 1. The van der Waals surface area contributed by atoms with Crippen LogP contribution >= 0.6 is 34.8 Å². The van der Waals surface area contributed by atoms with Crippen LogP contribution in [0.2, 0.25) is 15.2 Å². The summed E-state index contributed by atoms with van der Waals surface area (Å²) in [4.78, 5) is 28.9. The van der Waals surface area contributed by atoms with E-state index in [1.807, 2.05) is 0 Å². The van der Waals surface area contributed by atoms with E-state index in [4.69, 9.17) is 44.0 Å². The molecule has 0 saturated carbocycles. The Balaban J connectivity index is 1.37. The predicted octanol–water partition coefficient (Wildman–Crippen LogP) is 4.61. The maximum absolute atomic E-state index is 13.4. The van der Waals surface area contributed by atoms with Gasteiger partial charge in [0.1, 0.15) is 11.8 Å². The average Bonchev–Trinajstić information content (AvgIpc) is 3.31. The average molecular weight is 545 g/mol. The van der Waals surface area contributed by atoms with Crippen LogP contribution in [-0.4, -0.2) is 56.4 Å². The van der Waals surface area contributed by atoms with Gasteiger partial charge in [-0.15, -0.1) is 10.2 Å². The Morgan fingerprint density at radius 1 is 1.20 bits per heavy atom. The molecule has 3 heterocycles. The standard InChI is InChI=1S/C21H17Cl3FN5O5/c22-13-3-1-10(5-14(13)23)19-28-29-20(35-19)16-4-2-11(8-30(16)21(32)33)27-17(31)9-34-12-6-15(25)18(24)26-7-12/h1,3,5-7,11,16H,2,4,8-9H2,(H,27,31)(H,32,33)/t11-,16+/m0/s1. The van der Waals surface area contributed by atoms with E-state index in [2.05, 4.69) is 20.5 Å². The summed E-state index contributed by atoms with van der Waals surface area (Å²) in [5.74, 6) is -0.951. The van der Waals surface area contributed by atoms with Gasteiger partial charge >= 0.3 is 6.09 Å². The van der Waals surface area contributed by atoms with Crippen LogP contribution in [0.15, 0.2) is 34.9 Å². The van der Waals surface area contributed by atoms with E-state index in [-0.39, 0.29) is 29.2 Å². The molecule has 4 rings (SSSR count). The van der Waals surface area contributed by atoms with Gasteiger partial charge in [-0.2, -0.15) is 0 Å². The van der Waals surface area contributed by atoms with Crippen molar-refractivity contribution in [2.24, 2.45) is 0 Å². The number of piperidine rings is 1. The second-order valence-corrected chi connectivity index (χ2v) is 8.77. The molecule has 2 aromatic heterocycles. The first-order valence-corrected chi connectivity index (χ1v) is 11.4. The summed E-state index contributed by atoms with van der Waals surface area (Å²) in [6, 6.07) is 4.66. The fourth-order valence-corrected chi connectivity index (χ4v) is 3.97. The topological polar surface area (TPSA) is 131 Å². The highest BCUT2D eigenvalue weighted by Crippen LogP contribution is 2.33. The lowest BCUT2D eigenvalue weighted by Gasteiger charge is -2.36. The molecule has 0 radical (unpaired) electrons. The number of carboxylic acid groups (broad SMARTS) is 1. The van der Waals surface area contributed by atoms with Crippen LogP contribution in [0.25, 0.3) is 11.5 Å². The van der Waals surface area contributed by atoms with Gasteiger partial charge in [-0.25, -0.2) is 14.2 Å². The molecule has 1 fully saturated rings. The Kier molecular flexibility index (Phi) is 7.58. The molecule has 0 spiro atoms. The first-order chi connectivity index (χ1) is 16.7. The largest absolute Gasteiger partial charge is 0.482 e. The fraction of sp³-hybridized carbons (Fsp3) is 0.286. The van der Waals surface area contributed by atoms with Crippen molar-refractivity contribution in [1.82, 2.24) is 25.4 Å². The van der Waals surface area contributed by atoms with Gasteiger partial charge in [-0.1, -0.05) is 34.8 Å². The molecule has 2 atom stereocenters. The highest BCUT2D eigenvalue weighted by Gasteiger charge is 2.36. The monoisotopic (exact) mass is 543 g/mol. The molecule has 35 heavy (non-hydrogen) atoms. The summed E-state index contributed by atoms with van der Waals surface area (Å²) in [5, 5.41) is 20.8. The van der Waals surface area contributed by atoms with E-state index in [0.717, 1.165) is 11.0 Å². The molecular formula is C21H17Cl3FN5O5. The van der Waals surface area contributed by atoms with Crippen LogP contribution in [0.5, 0.6) is 5.75 Å². The Bertz CT molecular complexity index is 1260. The molecular weight excluding hydrogens is 528 g/mol. The first kappa shape index (κ1) is 25.0. The number of carbonyl (C=O) groups is 2. The summed E-state index contributed by atoms with van der Waals surface area (Å²) in [5.41, 5.74) is 0.539. The van der Waals surface area contributed by atoms with Crippen molar-refractivity contribution in [3.8, 4) is 17.2 Å². The minimum atomic E-state index is -1.21. The van der Waals surface area contributed by atoms with E-state index in [1.54, 1.807) is 18.2 Å². The minimum absolute atomic E-state index is 0.00659. The van der Waals surface area contributed by atoms with E-state index in [1.165, 1.54) is 6.20 Å². The van der Waals surface area contributed by atoms with Crippen molar-refractivity contribution in [2.75, 3.05) is 13.2 Å². The predicted molar refractivity (Wildman–Crippen MR) is 123 cm³/mol. The highest BCUT2D eigenvalue weighted by atomic mass is 35.5. The van der Waals surface area contributed by atoms with Crippen LogP contribution in [0.1, 0.15) is 24.8 Å². The number of carbonyl (C=O) groups excluding carboxylic acids is 1. The van der Waals surface area contributed by atoms with Gasteiger partial charge in [0.2, 0.25) is 11.8 Å². The molecule has 0 unspecified atom stereocenters. The molecule has 0 bridgehead atoms. The number of halogens is 4. The maximum Gasteiger partial charge on any atom is 0.408 e. The molecule has 2 amide bonds. The molecule has 14 heteroatoms. The van der Waals surface area contributed by atoms with Crippen molar-refractivity contribution in [3.63, 3.8) is 0 Å². The normalized spacial score (nSPS) is 17.8. The lowest BCUT2D eigenvalue weighted by atomic mass is 9.98. The number of aromatic nitrogens is 3. The molecule has 184 valence electrons. The molecule has 0 aliphatic carbocycles. The maximum atomic E-state index is 13.4. The van der Waals surface area contributed by atoms with Gasteiger partial charge in [0, 0.05) is 24.2 Å². The van der Waals surface area contributed by atoms with Gasteiger partial charge in [-0.3, -0.25) is 9.69 Å². The molecule has 2 N–H and O–H groups in total. The van der Waals surface area contributed by atoms with Crippen molar-refractivity contribution >= 4 is 46.8 Å². The summed E-state index contributed by atoms with van der Waals surface area (Å²) in [6.07, 6.45) is 0.754. The van der Waals surface area contributed by atoms with Gasteiger partial charge in [0.15, 0.2) is 17.6 Å². The number of amides is 2. The number of nitrogens with zero attached hydrogens (tertiary/aromatic N) is 4. The van der Waals surface area contributed by atoms with Crippen molar-refractivity contribution in [2.45, 2.75) is 24.9 Å². The molecule has 10 nitrogen and oxygen atoms in total. The second-order valence-electron chi connectivity index (χ2n) is 7.60. The number of rotatable bonds is 6. The fourth-order valence-electron chi connectivity index (χ4n) is 3.57. The number of benzene rings is 1. The molecule has 1 aliphatic rings. The number of hydrogen-bond acceptors (Lipinski definition) is 7. The van der Waals surface area contributed by atoms with Crippen molar-refractivity contribution in [3.05, 3.63) is 57.4 Å². The molecule has 3 aromatic rings. The van der Waals surface area contributed by atoms with Crippen LogP contribution in [0.3, 0.4) is 0 Å². The summed E-state index contributed by atoms with van der Waals surface area (Å²) < 4.78 is 24.4. The lowest BCUT2D eigenvalue weighted by molar-refractivity contribution is -0.124. The van der Waals surface area contributed by atoms with E-state index >= 15 is 0 Å². The zero-order valence-corrected chi connectivity index (χ0v) is 20.0. The number of hydrogen-bond donors (Lipinski definition) is 2. The Morgan fingerprint density at radius 2 is 2.00 bits per heavy atom. The lowest BCUT2D eigenvalue weighted by Crippen LogP contribution is -2.51. The molecule has 1 aliphatic heterocycles. The quantitative estimate of drug-likeness (QED) is 0.430. The molecule has 1 saturated heterocycles. The zero-order valence-electron chi connectivity index (χ0n) is 17.8. The van der Waals surface area contributed by atoms with Crippen LogP contribution in [0.4, 0.5) is 9.18 Å². The van der Waals surface area contributed by atoms with Crippen LogP contribution in [-0.2, 0) is 4.79 Å². The third-order valence-corrected chi connectivity index (χ3v) is 6.24. The van der Waals surface area contributed by atoms with Gasteiger partial charge in [-0.05, 0) is 31.0 Å². The number of likely N-dealkylation sites (tertiary alicyclic amines) is 1. The summed E-state index contributed by atoms with van der Waals surface area (Å²) >= 11 is 17.5. The van der Waals surface area contributed by atoms with E-state index in [9.17, 15) is 19.1 Å². The van der Waals surface area contributed by atoms with Gasteiger partial charge in [0.25, 0.3) is 5.91 Å². The summed E-state index contributed by atoms with van der Waals surface area (Å²) in [6.45, 7) is -0.417. The third-order valence-electron chi connectivity index (χ3n) is 5.23. The van der Waals surface area contributed by atoms with Gasteiger partial charge < -0.3 is 19.6 Å². The summed E-state index contributed by atoms with van der Waals surface area (Å²) in [7, 11) is 0. The number of pyridine rings is 1. The Hall–Kier alpha value is -3.15. The van der Waals surface area contributed by atoms with Crippen LogP contribution in [0, 0.1) is 5.82 Å². The highest BCUT2D eigenvalue weighted by molar-refractivity contribution is 6.42. The third kappa shape index (κ3) is 5.92. The van der Waals surface area contributed by atoms with E-state index < -0.39 is 36.5 Å². The first-order valence-electron chi connectivity index (χ1n) is 10.2. The minimum Gasteiger partial charge on any atom is -0.482 e. The van der Waals surface area contributed by atoms with E-state index in [0.29, 0.717) is 28.5 Å². The van der Waals surface area contributed by atoms with Crippen molar-refractivity contribution in [1.29, 1.82) is 0 Å².